The van der Waals surface area contributed by atoms with Crippen molar-refractivity contribution in [2.45, 2.75) is 105 Å². The van der Waals surface area contributed by atoms with E-state index >= 15 is 0 Å². The van der Waals surface area contributed by atoms with E-state index in [4.69, 9.17) is 4.74 Å². The van der Waals surface area contributed by atoms with Crippen molar-refractivity contribution in [3.8, 4) is 0 Å². The Labute approximate surface area is 229 Å². The molecule has 3 unspecified atom stereocenters. The Morgan fingerprint density at radius 2 is 1.71 bits per heavy atom. The summed E-state index contributed by atoms with van der Waals surface area (Å²) in [6.45, 7) is 0. The minimum absolute atomic E-state index is 0.00472. The van der Waals surface area contributed by atoms with Crippen LogP contribution in [0, 0.1) is 11.8 Å². The van der Waals surface area contributed by atoms with Crippen LogP contribution >= 0.6 is 11.8 Å². The zero-order chi connectivity index (χ0) is 26.3. The van der Waals surface area contributed by atoms with Crippen LogP contribution in [0.5, 0.6) is 0 Å². The molecule has 5 atom stereocenters. The molecule has 2 N–H and O–H groups in total. The van der Waals surface area contributed by atoms with E-state index in [9.17, 15) is 14.4 Å². The van der Waals surface area contributed by atoms with Crippen LogP contribution in [0.2, 0.25) is 0 Å². The number of nitrogens with one attached hydrogen (secondary N) is 2. The number of anilines is 1. The van der Waals surface area contributed by atoms with Crippen LogP contribution < -0.4 is 10.6 Å². The van der Waals surface area contributed by atoms with Crippen LogP contribution in [-0.4, -0.2) is 58.7 Å². The summed E-state index contributed by atoms with van der Waals surface area (Å²) in [6, 6.07) is 7.14. The maximum Gasteiger partial charge on any atom is 0.246 e. The van der Waals surface area contributed by atoms with E-state index in [0.717, 1.165) is 69.1 Å². The summed E-state index contributed by atoms with van der Waals surface area (Å²) in [7, 11) is 0. The predicted octanol–water partition coefficient (Wildman–Crippen LogP) is 4.67. The molecule has 1 aromatic rings. The van der Waals surface area contributed by atoms with E-state index in [1.807, 2.05) is 47.6 Å². The molecule has 7 nitrogen and oxygen atoms in total. The molecule has 0 aromatic heterocycles. The van der Waals surface area contributed by atoms with Crippen molar-refractivity contribution in [1.29, 1.82) is 0 Å². The van der Waals surface area contributed by atoms with Crippen molar-refractivity contribution in [2.24, 2.45) is 11.8 Å². The lowest BCUT2D eigenvalue weighted by Gasteiger charge is -2.37. The van der Waals surface area contributed by atoms with Crippen LogP contribution in [0.1, 0.15) is 70.6 Å². The van der Waals surface area contributed by atoms with Gasteiger partial charge in [0.15, 0.2) is 0 Å². The van der Waals surface area contributed by atoms with E-state index in [2.05, 4.69) is 10.6 Å². The monoisotopic (exact) mass is 537 g/mol. The normalized spacial score (nSPS) is 33.3. The summed E-state index contributed by atoms with van der Waals surface area (Å²) >= 11 is 1.61. The standard InChI is InChI=1S/C30H39N3O4S/c1-38-22-15-9-12-20(18-22)32-27(34)24-23-16-17-30(37-23)25(24)29(36)33(21-13-7-2-3-8-14-21)26(30)28(35)31-19-10-5-4-6-11-19/h9,12,15-19,21,23-26H,2-8,10-11,13-14H2,1H3,(H,31,35)(H,32,34)/t23-,24?,25-,26?,30?/m0/s1. The Morgan fingerprint density at radius 1 is 1.00 bits per heavy atom. The molecule has 6 rings (SSSR count). The van der Waals surface area contributed by atoms with Gasteiger partial charge in [0.1, 0.15) is 11.6 Å². The number of benzene rings is 1. The first-order valence-corrected chi connectivity index (χ1v) is 15.7. The number of nitrogens with zero attached hydrogens (tertiary/aromatic N) is 1. The zero-order valence-corrected chi connectivity index (χ0v) is 23.0. The highest BCUT2D eigenvalue weighted by atomic mass is 32.2. The Morgan fingerprint density at radius 3 is 2.45 bits per heavy atom. The molecule has 4 fully saturated rings. The lowest BCUT2D eigenvalue weighted by atomic mass is 9.74. The third-order valence-corrected chi connectivity index (χ3v) is 10.1. The van der Waals surface area contributed by atoms with Gasteiger partial charge >= 0.3 is 0 Å². The quantitative estimate of drug-likeness (QED) is 0.313. The fraction of sp³-hybridized carbons (Fsp3) is 0.633. The van der Waals surface area contributed by atoms with E-state index in [1.165, 1.54) is 6.42 Å². The number of rotatable bonds is 6. The predicted molar refractivity (Wildman–Crippen MR) is 148 cm³/mol. The van der Waals surface area contributed by atoms with Crippen molar-refractivity contribution in [3.05, 3.63) is 36.4 Å². The number of ether oxygens (including phenoxy) is 1. The van der Waals surface area contributed by atoms with Gasteiger partial charge in [-0.3, -0.25) is 14.4 Å². The van der Waals surface area contributed by atoms with Gasteiger partial charge in [0.25, 0.3) is 0 Å². The average Bonchev–Trinajstić information content (AvgIpc) is 3.48. The summed E-state index contributed by atoms with van der Waals surface area (Å²) < 4.78 is 6.55. The van der Waals surface area contributed by atoms with Crippen molar-refractivity contribution >= 4 is 35.2 Å². The third-order valence-electron chi connectivity index (χ3n) is 9.37. The Hall–Kier alpha value is -2.32. The first kappa shape index (κ1) is 25.9. The Bertz CT molecular complexity index is 1110. The Kier molecular flexibility index (Phi) is 7.29. The number of fused-ring (bicyclic) bond motifs is 1. The lowest BCUT2D eigenvalue weighted by Crippen LogP contribution is -2.58. The van der Waals surface area contributed by atoms with E-state index in [1.54, 1.807) is 11.8 Å². The minimum Gasteiger partial charge on any atom is -0.359 e. The molecule has 38 heavy (non-hydrogen) atoms. The largest absolute Gasteiger partial charge is 0.359 e. The average molecular weight is 538 g/mol. The van der Waals surface area contributed by atoms with Crippen molar-refractivity contribution < 1.29 is 19.1 Å². The smallest absolute Gasteiger partial charge is 0.246 e. The highest BCUT2D eigenvalue weighted by molar-refractivity contribution is 7.98. The van der Waals surface area contributed by atoms with Gasteiger partial charge in [0, 0.05) is 22.7 Å². The number of hydrogen-bond acceptors (Lipinski definition) is 5. The molecule has 1 spiro atoms. The van der Waals surface area contributed by atoms with Gasteiger partial charge in [-0.25, -0.2) is 0 Å². The fourth-order valence-electron chi connectivity index (χ4n) is 7.59. The van der Waals surface area contributed by atoms with Gasteiger partial charge in [-0.05, 0) is 50.1 Å². The Balaban J connectivity index is 1.31. The number of carbonyl (C=O) groups excluding carboxylic acids is 3. The molecular formula is C30H39N3O4S. The van der Waals surface area contributed by atoms with E-state index in [0.29, 0.717) is 5.69 Å². The molecule has 3 aliphatic heterocycles. The van der Waals surface area contributed by atoms with Gasteiger partial charge in [-0.2, -0.15) is 0 Å². The van der Waals surface area contributed by atoms with Gasteiger partial charge in [-0.15, -0.1) is 11.8 Å². The number of thioether (sulfide) groups is 1. The highest BCUT2D eigenvalue weighted by Gasteiger charge is 2.73. The number of amides is 3. The molecule has 1 aromatic carbocycles. The fourth-order valence-corrected chi connectivity index (χ4v) is 8.05. The maximum absolute atomic E-state index is 14.3. The topological polar surface area (TPSA) is 87.7 Å². The van der Waals surface area contributed by atoms with Crippen molar-refractivity contribution in [3.63, 3.8) is 0 Å². The number of likely N-dealkylation sites (tertiary alicyclic amines) is 1. The number of carbonyl (C=O) groups is 3. The molecular weight excluding hydrogens is 498 g/mol. The SMILES string of the molecule is CSc1cccc(NC(=O)C2[C@@H]3C=CC4(O3)C(C(=O)NC3CCCCC3)N(C3CCCCCC3)C(=O)[C@H]24)c1. The second-order valence-corrected chi connectivity index (χ2v) is 12.5. The summed E-state index contributed by atoms with van der Waals surface area (Å²) in [5.74, 6) is -1.77. The molecule has 2 saturated carbocycles. The van der Waals surface area contributed by atoms with Gasteiger partial charge < -0.3 is 20.3 Å². The number of hydrogen-bond donors (Lipinski definition) is 2. The summed E-state index contributed by atoms with van der Waals surface area (Å²) in [5.41, 5.74) is -0.379. The van der Waals surface area contributed by atoms with E-state index < -0.39 is 29.6 Å². The van der Waals surface area contributed by atoms with Crippen LogP contribution in [0.25, 0.3) is 0 Å². The van der Waals surface area contributed by atoms with E-state index in [-0.39, 0.29) is 29.8 Å². The van der Waals surface area contributed by atoms with Gasteiger partial charge in [0.2, 0.25) is 17.7 Å². The summed E-state index contributed by atoms with van der Waals surface area (Å²) in [5, 5.41) is 6.35. The summed E-state index contributed by atoms with van der Waals surface area (Å²) in [6.07, 6.45) is 16.9. The van der Waals surface area contributed by atoms with Gasteiger partial charge in [0.05, 0.1) is 17.9 Å². The summed E-state index contributed by atoms with van der Waals surface area (Å²) in [4.78, 5) is 45.0. The molecule has 204 valence electrons. The first-order valence-electron chi connectivity index (χ1n) is 14.5. The highest BCUT2D eigenvalue weighted by Crippen LogP contribution is 2.56. The third kappa shape index (κ3) is 4.47. The van der Waals surface area contributed by atoms with Crippen LogP contribution in [-0.2, 0) is 19.1 Å². The lowest BCUT2D eigenvalue weighted by molar-refractivity contribution is -0.144. The molecule has 5 aliphatic rings. The molecule has 8 heteroatoms. The van der Waals surface area contributed by atoms with Crippen molar-refractivity contribution in [2.75, 3.05) is 11.6 Å². The minimum atomic E-state index is -1.09. The molecule has 3 heterocycles. The zero-order valence-electron chi connectivity index (χ0n) is 22.2. The second kappa shape index (κ2) is 10.7. The van der Waals surface area contributed by atoms with Crippen LogP contribution in [0.3, 0.4) is 0 Å². The second-order valence-electron chi connectivity index (χ2n) is 11.7. The molecule has 0 radical (unpaired) electrons. The van der Waals surface area contributed by atoms with Gasteiger partial charge in [-0.1, -0.05) is 63.2 Å². The molecule has 3 amide bonds. The molecule has 2 saturated heterocycles. The van der Waals surface area contributed by atoms with Crippen LogP contribution in [0.4, 0.5) is 5.69 Å². The molecule has 2 bridgehead atoms. The first-order chi connectivity index (χ1) is 18.5. The van der Waals surface area contributed by atoms with Crippen LogP contribution in [0.15, 0.2) is 41.3 Å². The molecule has 2 aliphatic carbocycles. The van der Waals surface area contributed by atoms with Crippen molar-refractivity contribution in [1.82, 2.24) is 10.2 Å². The maximum atomic E-state index is 14.3.